The first kappa shape index (κ1) is 36.6. The number of esters is 1. The van der Waals surface area contributed by atoms with Gasteiger partial charge in [0, 0.05) is 32.7 Å². The summed E-state index contributed by atoms with van der Waals surface area (Å²) in [5.74, 6) is -1.78. The van der Waals surface area contributed by atoms with Crippen LogP contribution < -0.4 is 16.0 Å². The number of piperidine rings is 2. The molecular formula is C31H46ClN5O7. The Kier molecular flexibility index (Phi) is 16.3. The lowest BCUT2D eigenvalue weighted by Gasteiger charge is -2.31. The van der Waals surface area contributed by atoms with Gasteiger partial charge in [-0.2, -0.15) is 0 Å². The largest absolute Gasteiger partial charge is 0.454 e. The number of likely N-dealkylation sites (N-methyl/N-ethyl adjacent to an activating group) is 1. The third-order valence-electron chi connectivity index (χ3n) is 7.72. The number of rotatable bonds is 13. The summed E-state index contributed by atoms with van der Waals surface area (Å²) in [5, 5.41) is 8.47. The zero-order chi connectivity index (χ0) is 31.0. The Balaban J connectivity index is 0.00000675. The maximum absolute atomic E-state index is 13.1. The van der Waals surface area contributed by atoms with Gasteiger partial charge in [0.2, 0.25) is 11.8 Å². The van der Waals surface area contributed by atoms with Gasteiger partial charge >= 0.3 is 12.1 Å². The van der Waals surface area contributed by atoms with Crippen LogP contribution in [0.5, 0.6) is 0 Å². The van der Waals surface area contributed by atoms with E-state index in [1.807, 2.05) is 38.1 Å². The van der Waals surface area contributed by atoms with Crippen molar-refractivity contribution in [2.45, 2.75) is 52.2 Å². The van der Waals surface area contributed by atoms with Crippen LogP contribution in [0.3, 0.4) is 0 Å². The van der Waals surface area contributed by atoms with Gasteiger partial charge in [-0.05, 0) is 70.2 Å². The first-order chi connectivity index (χ1) is 20.8. The zero-order valence-corrected chi connectivity index (χ0v) is 26.4. The Morgan fingerprint density at radius 1 is 1.05 bits per heavy atom. The molecule has 0 radical (unpaired) electrons. The van der Waals surface area contributed by atoms with Crippen LogP contribution >= 0.6 is 12.4 Å². The van der Waals surface area contributed by atoms with Gasteiger partial charge < -0.3 is 35.2 Å². The Bertz CT molecular complexity index is 1110. The second-order valence-corrected chi connectivity index (χ2v) is 10.7. The Morgan fingerprint density at radius 2 is 1.75 bits per heavy atom. The lowest BCUT2D eigenvalue weighted by molar-refractivity contribution is -0.153. The van der Waals surface area contributed by atoms with E-state index in [0.717, 1.165) is 31.5 Å². The van der Waals surface area contributed by atoms with Gasteiger partial charge in [-0.25, -0.2) is 9.59 Å². The molecule has 2 saturated heterocycles. The number of nitrogens with one attached hydrogen (secondary N) is 3. The number of alkyl carbamates (subject to hydrolysis) is 1. The summed E-state index contributed by atoms with van der Waals surface area (Å²) in [6, 6.07) is 7.75. The van der Waals surface area contributed by atoms with Crippen molar-refractivity contribution in [3.8, 4) is 0 Å². The number of halogens is 1. The van der Waals surface area contributed by atoms with Crippen LogP contribution in [0, 0.1) is 11.8 Å². The van der Waals surface area contributed by atoms with Crippen LogP contribution in [0.2, 0.25) is 0 Å². The maximum atomic E-state index is 13.1. The highest BCUT2D eigenvalue weighted by atomic mass is 35.5. The summed E-state index contributed by atoms with van der Waals surface area (Å²) in [4.78, 5) is 66.9. The maximum Gasteiger partial charge on any atom is 0.408 e. The van der Waals surface area contributed by atoms with E-state index in [1.165, 1.54) is 4.90 Å². The van der Waals surface area contributed by atoms with Crippen molar-refractivity contribution in [1.29, 1.82) is 0 Å². The molecule has 0 spiro atoms. The van der Waals surface area contributed by atoms with Crippen LogP contribution in [0.15, 0.2) is 42.5 Å². The zero-order valence-electron chi connectivity index (χ0n) is 25.6. The minimum Gasteiger partial charge on any atom is -0.454 e. The quantitative estimate of drug-likeness (QED) is 0.220. The molecule has 2 aliphatic heterocycles. The number of amides is 4. The molecule has 1 aromatic rings. The predicted molar refractivity (Wildman–Crippen MR) is 167 cm³/mol. The van der Waals surface area contributed by atoms with Crippen molar-refractivity contribution in [3.05, 3.63) is 48.0 Å². The fourth-order valence-electron chi connectivity index (χ4n) is 5.10. The molecule has 2 aliphatic rings. The van der Waals surface area contributed by atoms with E-state index >= 15 is 0 Å². The fourth-order valence-corrected chi connectivity index (χ4v) is 5.10. The van der Waals surface area contributed by atoms with Crippen molar-refractivity contribution in [2.24, 2.45) is 11.8 Å². The molecule has 0 aliphatic carbocycles. The molecule has 3 rings (SSSR count). The van der Waals surface area contributed by atoms with E-state index in [2.05, 4.69) is 16.0 Å². The first-order valence-corrected chi connectivity index (χ1v) is 15.2. The summed E-state index contributed by atoms with van der Waals surface area (Å²) in [5.41, 5.74) is 0.761. The molecule has 2 heterocycles. The third kappa shape index (κ3) is 12.2. The Hall–Kier alpha value is -3.64. The van der Waals surface area contributed by atoms with E-state index in [0.29, 0.717) is 38.4 Å². The molecule has 4 amide bonds. The van der Waals surface area contributed by atoms with Gasteiger partial charge in [0.05, 0.1) is 5.92 Å². The average Bonchev–Trinajstić information content (AvgIpc) is 3.04. The highest BCUT2D eigenvalue weighted by molar-refractivity contribution is 5.89. The van der Waals surface area contributed by atoms with Crippen LogP contribution in [0.1, 0.15) is 45.1 Å². The molecule has 44 heavy (non-hydrogen) atoms. The Labute approximate surface area is 265 Å². The number of benzene rings is 1. The highest BCUT2D eigenvalue weighted by Gasteiger charge is 2.30. The molecule has 0 aromatic heterocycles. The van der Waals surface area contributed by atoms with E-state index < -0.39 is 30.6 Å². The minimum atomic E-state index is -1.29. The molecular weight excluding hydrogens is 590 g/mol. The number of likely N-dealkylation sites (tertiary alicyclic amines) is 1. The van der Waals surface area contributed by atoms with Gasteiger partial charge in [-0.1, -0.05) is 36.4 Å². The molecule has 244 valence electrons. The lowest BCUT2D eigenvalue weighted by atomic mass is 9.96. The van der Waals surface area contributed by atoms with Crippen molar-refractivity contribution >= 4 is 42.2 Å². The fraction of sp³-hybridized carbons (Fsp3) is 0.581. The third-order valence-corrected chi connectivity index (χ3v) is 7.72. The lowest BCUT2D eigenvalue weighted by Crippen LogP contribution is -2.52. The van der Waals surface area contributed by atoms with Gasteiger partial charge in [-0.3, -0.25) is 14.4 Å². The van der Waals surface area contributed by atoms with E-state index in [1.54, 1.807) is 23.1 Å². The molecule has 2 fully saturated rings. The Morgan fingerprint density at radius 3 is 2.43 bits per heavy atom. The van der Waals surface area contributed by atoms with E-state index in [9.17, 15) is 24.0 Å². The van der Waals surface area contributed by atoms with Crippen molar-refractivity contribution in [1.82, 2.24) is 25.8 Å². The predicted octanol–water partition coefficient (Wildman–Crippen LogP) is 2.03. The second kappa shape index (κ2) is 19.6. The summed E-state index contributed by atoms with van der Waals surface area (Å²) in [6.07, 6.45) is 5.97. The minimum absolute atomic E-state index is 0. The topological polar surface area (TPSA) is 146 Å². The molecule has 12 nitrogen and oxygen atoms in total. The summed E-state index contributed by atoms with van der Waals surface area (Å²) >= 11 is 0. The van der Waals surface area contributed by atoms with Gasteiger partial charge in [0.25, 0.3) is 5.91 Å². The number of hydrogen-bond donors (Lipinski definition) is 3. The van der Waals surface area contributed by atoms with Crippen LogP contribution in [-0.4, -0.2) is 98.0 Å². The van der Waals surface area contributed by atoms with Gasteiger partial charge in [0.1, 0.15) is 12.6 Å². The first-order valence-electron chi connectivity index (χ1n) is 15.2. The highest BCUT2D eigenvalue weighted by Crippen LogP contribution is 2.18. The number of allylic oxidation sites excluding steroid dienone is 1. The summed E-state index contributed by atoms with van der Waals surface area (Å²) in [7, 11) is 0. The van der Waals surface area contributed by atoms with Crippen molar-refractivity contribution in [2.75, 3.05) is 52.4 Å². The van der Waals surface area contributed by atoms with Crippen LogP contribution in [0.25, 0.3) is 0 Å². The molecule has 0 bridgehead atoms. The molecule has 0 saturated carbocycles. The number of nitrogens with zero attached hydrogens (tertiary/aromatic N) is 2. The number of carbonyl (C=O) groups is 5. The van der Waals surface area contributed by atoms with Crippen molar-refractivity contribution in [3.63, 3.8) is 0 Å². The van der Waals surface area contributed by atoms with Gasteiger partial charge in [0.15, 0.2) is 6.61 Å². The number of hydrogen-bond acceptors (Lipinski definition) is 8. The average molecular weight is 636 g/mol. The molecule has 0 unspecified atom stereocenters. The summed E-state index contributed by atoms with van der Waals surface area (Å²) in [6.45, 7) is 6.51. The molecule has 1 aromatic carbocycles. The number of ether oxygens (including phenoxy) is 2. The van der Waals surface area contributed by atoms with E-state index in [-0.39, 0.29) is 49.8 Å². The molecule has 3 N–H and O–H groups in total. The standard InChI is InChI=1S/C31H45N5O7.ClH/c1-3-35(4-2)28(38)22-42-30(40)26(34-31(41)43-21-24-9-6-5-7-10-24)19-33-29(39)25-11-8-18-36(20-25)27(37)13-12-23-14-16-32-17-15-23;/h5-7,9-10,12-13,23,25-26,32H,3-4,8,11,14-22H2,1-2H3,(H,33,39)(H,34,41);1H/b13-12+;/t25-,26+;/m1./s1. The monoisotopic (exact) mass is 635 g/mol. The summed E-state index contributed by atoms with van der Waals surface area (Å²) < 4.78 is 10.4. The second-order valence-electron chi connectivity index (χ2n) is 10.7. The number of carbonyl (C=O) groups excluding carboxylic acids is 5. The van der Waals surface area contributed by atoms with Gasteiger partial charge in [-0.15, -0.1) is 12.4 Å². The van der Waals surface area contributed by atoms with Crippen LogP contribution in [0.4, 0.5) is 4.79 Å². The molecule has 2 atom stereocenters. The normalized spacial score (nSPS) is 17.6. The van der Waals surface area contributed by atoms with Crippen molar-refractivity contribution < 1.29 is 33.4 Å². The van der Waals surface area contributed by atoms with Crippen LogP contribution in [-0.2, 0) is 35.3 Å². The smallest absolute Gasteiger partial charge is 0.408 e. The molecule has 13 heteroatoms. The van der Waals surface area contributed by atoms with E-state index in [4.69, 9.17) is 9.47 Å². The SMILES string of the molecule is CCN(CC)C(=O)COC(=O)[C@H](CNC(=O)[C@@H]1CCCN(C(=O)/C=C/C2CCNCC2)C1)NC(=O)OCc1ccccc1.Cl.